The third-order valence-corrected chi connectivity index (χ3v) is 2.12. The molecule has 0 saturated carbocycles. The number of carboxylic acids is 1. The first-order valence-electron chi connectivity index (χ1n) is 5.20. The van der Waals surface area contributed by atoms with Crippen LogP contribution in [0, 0.1) is 0 Å². The molecular weight excluding hydrogens is 212 g/mol. The Morgan fingerprint density at radius 1 is 1.19 bits per heavy atom. The minimum absolute atomic E-state index is 0.112. The van der Waals surface area contributed by atoms with Crippen LogP contribution < -0.4 is 22.5 Å². The Morgan fingerprint density at radius 2 is 1.81 bits per heavy atom. The minimum atomic E-state index is -1.16. The number of carboxylic acid groups (broad SMARTS) is 1. The number of aliphatic carboxylic acids is 1. The smallest absolute Gasteiger partial charge is 0.322 e. The van der Waals surface area contributed by atoms with Crippen LogP contribution >= 0.6 is 0 Å². The number of carbonyl (C=O) groups excluding carboxylic acids is 1. The molecule has 1 unspecified atom stereocenters. The van der Waals surface area contributed by atoms with E-state index in [4.69, 9.17) is 22.3 Å². The van der Waals surface area contributed by atoms with Gasteiger partial charge in [0, 0.05) is 6.54 Å². The monoisotopic (exact) mass is 232 g/mol. The lowest BCUT2D eigenvalue weighted by atomic mass is 10.1. The van der Waals surface area contributed by atoms with E-state index in [1.165, 1.54) is 0 Å². The molecule has 16 heavy (non-hydrogen) atoms. The van der Waals surface area contributed by atoms with Crippen molar-refractivity contribution in [2.24, 2.45) is 17.2 Å². The molecule has 94 valence electrons. The standard InChI is InChI=1S/C9H20N4O3/c10-4-2-1-3-6(11)8(14)13-5-7(12)9(15)16/h6-7H,1-5,10-12H2,(H,13,14)(H,15,16)/t6?,7-/m0/s1. The van der Waals surface area contributed by atoms with E-state index in [1.54, 1.807) is 0 Å². The summed E-state index contributed by atoms with van der Waals surface area (Å²) in [5.74, 6) is -1.54. The third kappa shape index (κ3) is 6.33. The Labute approximate surface area is 94.3 Å². The highest BCUT2D eigenvalue weighted by Gasteiger charge is 2.16. The number of nitrogens with one attached hydrogen (secondary N) is 1. The Balaban J connectivity index is 3.74. The Bertz CT molecular complexity index is 235. The molecule has 0 saturated heterocycles. The fourth-order valence-corrected chi connectivity index (χ4v) is 1.07. The van der Waals surface area contributed by atoms with E-state index in [2.05, 4.69) is 5.32 Å². The molecule has 0 heterocycles. The molecule has 0 aliphatic heterocycles. The maximum Gasteiger partial charge on any atom is 0.322 e. The minimum Gasteiger partial charge on any atom is -0.480 e. The van der Waals surface area contributed by atoms with Gasteiger partial charge in [-0.1, -0.05) is 6.42 Å². The predicted octanol–water partition coefficient (Wildman–Crippen LogP) is -2.03. The number of amides is 1. The van der Waals surface area contributed by atoms with Crippen molar-refractivity contribution in [2.45, 2.75) is 31.3 Å². The van der Waals surface area contributed by atoms with Crippen molar-refractivity contribution in [2.75, 3.05) is 13.1 Å². The van der Waals surface area contributed by atoms with Gasteiger partial charge in [-0.25, -0.2) is 0 Å². The number of hydrogen-bond acceptors (Lipinski definition) is 5. The molecule has 0 aromatic rings. The molecule has 0 fully saturated rings. The Kier molecular flexibility index (Phi) is 7.44. The van der Waals surface area contributed by atoms with Crippen LogP contribution in [0.5, 0.6) is 0 Å². The predicted molar refractivity (Wildman–Crippen MR) is 59.5 cm³/mol. The van der Waals surface area contributed by atoms with Gasteiger partial charge in [0.25, 0.3) is 0 Å². The van der Waals surface area contributed by atoms with Gasteiger partial charge >= 0.3 is 5.97 Å². The van der Waals surface area contributed by atoms with Gasteiger partial charge in [-0.2, -0.15) is 0 Å². The first-order valence-corrected chi connectivity index (χ1v) is 5.20. The molecule has 7 heteroatoms. The Morgan fingerprint density at radius 3 is 2.31 bits per heavy atom. The molecule has 1 amide bonds. The van der Waals surface area contributed by atoms with Gasteiger partial charge in [-0.3, -0.25) is 9.59 Å². The van der Waals surface area contributed by atoms with Crippen molar-refractivity contribution < 1.29 is 14.7 Å². The van der Waals surface area contributed by atoms with Crippen LogP contribution in [0.25, 0.3) is 0 Å². The van der Waals surface area contributed by atoms with Crippen LogP contribution in [-0.2, 0) is 9.59 Å². The van der Waals surface area contributed by atoms with Crippen LogP contribution in [0.2, 0.25) is 0 Å². The molecule has 0 aromatic carbocycles. The largest absolute Gasteiger partial charge is 0.480 e. The zero-order valence-corrected chi connectivity index (χ0v) is 9.19. The number of carbonyl (C=O) groups is 2. The molecule has 7 nitrogen and oxygen atoms in total. The lowest BCUT2D eigenvalue weighted by Gasteiger charge is -2.13. The van der Waals surface area contributed by atoms with Gasteiger partial charge < -0.3 is 27.6 Å². The number of nitrogens with two attached hydrogens (primary N) is 3. The van der Waals surface area contributed by atoms with Crippen LogP contribution in [0.3, 0.4) is 0 Å². The highest BCUT2D eigenvalue weighted by molar-refractivity contribution is 5.82. The fourth-order valence-electron chi connectivity index (χ4n) is 1.07. The second-order valence-electron chi connectivity index (χ2n) is 3.58. The average molecular weight is 232 g/mol. The van der Waals surface area contributed by atoms with Crippen molar-refractivity contribution >= 4 is 11.9 Å². The molecule has 0 rings (SSSR count). The van der Waals surface area contributed by atoms with E-state index in [0.717, 1.165) is 12.8 Å². The van der Waals surface area contributed by atoms with Crippen molar-refractivity contribution in [3.05, 3.63) is 0 Å². The van der Waals surface area contributed by atoms with E-state index in [9.17, 15) is 9.59 Å². The van der Waals surface area contributed by atoms with Crippen LogP contribution in [0.1, 0.15) is 19.3 Å². The SMILES string of the molecule is NCCCCC(N)C(=O)NC[C@H](N)C(=O)O. The fraction of sp³-hybridized carbons (Fsp3) is 0.778. The lowest BCUT2D eigenvalue weighted by molar-refractivity contribution is -0.138. The normalized spacial score (nSPS) is 14.2. The molecule has 0 radical (unpaired) electrons. The van der Waals surface area contributed by atoms with E-state index < -0.39 is 18.1 Å². The van der Waals surface area contributed by atoms with E-state index in [-0.39, 0.29) is 12.5 Å². The maximum atomic E-state index is 11.3. The highest BCUT2D eigenvalue weighted by Crippen LogP contribution is 1.97. The summed E-state index contributed by atoms with van der Waals surface area (Å²) in [7, 11) is 0. The third-order valence-electron chi connectivity index (χ3n) is 2.12. The van der Waals surface area contributed by atoms with Gasteiger partial charge in [-0.05, 0) is 19.4 Å². The van der Waals surface area contributed by atoms with Gasteiger partial charge in [0.15, 0.2) is 0 Å². The number of unbranched alkanes of at least 4 members (excludes halogenated alkanes) is 1. The average Bonchev–Trinajstić information content (AvgIpc) is 2.25. The van der Waals surface area contributed by atoms with Gasteiger partial charge in [0.1, 0.15) is 6.04 Å². The summed E-state index contributed by atoms with van der Waals surface area (Å²) in [5.41, 5.74) is 16.1. The Hall–Kier alpha value is -1.18. The topological polar surface area (TPSA) is 144 Å². The molecule has 0 aliphatic carbocycles. The summed E-state index contributed by atoms with van der Waals surface area (Å²) in [4.78, 5) is 21.7. The van der Waals surface area contributed by atoms with E-state index in [0.29, 0.717) is 13.0 Å². The second-order valence-corrected chi connectivity index (χ2v) is 3.58. The molecule has 8 N–H and O–H groups in total. The second kappa shape index (κ2) is 8.03. The summed E-state index contributed by atoms with van der Waals surface area (Å²) >= 11 is 0. The van der Waals surface area contributed by atoms with Crippen LogP contribution in [0.15, 0.2) is 0 Å². The van der Waals surface area contributed by atoms with Gasteiger partial charge in [0.05, 0.1) is 6.04 Å². The van der Waals surface area contributed by atoms with E-state index >= 15 is 0 Å². The summed E-state index contributed by atoms with van der Waals surface area (Å²) in [5, 5.41) is 10.9. The molecule has 0 aliphatic rings. The molecule has 0 aromatic heterocycles. The maximum absolute atomic E-state index is 11.3. The summed E-state index contributed by atoms with van der Waals surface area (Å²) in [6.45, 7) is 0.455. The van der Waals surface area contributed by atoms with E-state index in [1.807, 2.05) is 0 Å². The van der Waals surface area contributed by atoms with Crippen LogP contribution in [0.4, 0.5) is 0 Å². The first-order chi connectivity index (χ1) is 7.49. The summed E-state index contributed by atoms with van der Waals surface area (Å²) < 4.78 is 0. The highest BCUT2D eigenvalue weighted by atomic mass is 16.4. The van der Waals surface area contributed by atoms with Gasteiger partial charge in [0.2, 0.25) is 5.91 Å². The molecular formula is C9H20N4O3. The van der Waals surface area contributed by atoms with Crippen molar-refractivity contribution in [3.63, 3.8) is 0 Å². The van der Waals surface area contributed by atoms with Crippen molar-refractivity contribution in [1.82, 2.24) is 5.32 Å². The lowest BCUT2D eigenvalue weighted by Crippen LogP contribution is -2.47. The van der Waals surface area contributed by atoms with Crippen molar-refractivity contribution in [1.29, 1.82) is 0 Å². The van der Waals surface area contributed by atoms with Crippen molar-refractivity contribution in [3.8, 4) is 0 Å². The summed E-state index contributed by atoms with van der Waals surface area (Å²) in [6.07, 6.45) is 2.12. The zero-order chi connectivity index (χ0) is 12.6. The molecule has 0 bridgehead atoms. The quantitative estimate of drug-likeness (QED) is 0.305. The zero-order valence-electron chi connectivity index (χ0n) is 9.19. The van der Waals surface area contributed by atoms with Crippen LogP contribution in [-0.4, -0.2) is 42.2 Å². The first kappa shape index (κ1) is 14.8. The number of hydrogen-bond donors (Lipinski definition) is 5. The molecule has 2 atom stereocenters. The summed E-state index contributed by atoms with van der Waals surface area (Å²) in [6, 6.07) is -1.73. The number of rotatable bonds is 8. The molecule has 0 spiro atoms. The van der Waals surface area contributed by atoms with Gasteiger partial charge in [-0.15, -0.1) is 0 Å².